The summed E-state index contributed by atoms with van der Waals surface area (Å²) in [7, 11) is 1.48. The van der Waals surface area contributed by atoms with E-state index >= 15 is 0 Å². The van der Waals surface area contributed by atoms with Gasteiger partial charge in [0.1, 0.15) is 6.04 Å². The van der Waals surface area contributed by atoms with Gasteiger partial charge in [-0.3, -0.25) is 4.79 Å². The van der Waals surface area contributed by atoms with E-state index in [9.17, 15) is 22.8 Å². The van der Waals surface area contributed by atoms with Crippen LogP contribution >= 0.6 is 0 Å². The molecular weight excluding hydrogens is 451 g/mol. The number of ether oxygens (including phenoxy) is 1. The fourth-order valence-corrected chi connectivity index (χ4v) is 3.66. The van der Waals surface area contributed by atoms with Gasteiger partial charge in [0.15, 0.2) is 0 Å². The van der Waals surface area contributed by atoms with Crippen molar-refractivity contribution in [3.63, 3.8) is 0 Å². The Kier molecular flexibility index (Phi) is 7.96. The van der Waals surface area contributed by atoms with E-state index in [4.69, 9.17) is 10.00 Å². The van der Waals surface area contributed by atoms with Gasteiger partial charge in [0.25, 0.3) is 0 Å². The third kappa shape index (κ3) is 5.96. The van der Waals surface area contributed by atoms with Crippen molar-refractivity contribution in [2.24, 2.45) is 0 Å². The van der Waals surface area contributed by atoms with Gasteiger partial charge in [0, 0.05) is 44.7 Å². The topological polar surface area (TPSA) is 97.7 Å². The number of rotatable bonds is 6. The van der Waals surface area contributed by atoms with Crippen LogP contribution in [-0.2, 0) is 15.7 Å². The van der Waals surface area contributed by atoms with Gasteiger partial charge in [-0.15, -0.1) is 0 Å². The predicted molar refractivity (Wildman–Crippen MR) is 119 cm³/mol. The number of piperazine rings is 1. The molecule has 1 aliphatic rings. The Labute approximate surface area is 194 Å². The number of hydrogen-bond donors (Lipinski definition) is 2. The summed E-state index contributed by atoms with van der Waals surface area (Å²) >= 11 is 0. The van der Waals surface area contributed by atoms with Crippen LogP contribution in [-0.4, -0.2) is 62.8 Å². The zero-order valence-corrected chi connectivity index (χ0v) is 18.4. The van der Waals surface area contributed by atoms with E-state index in [1.165, 1.54) is 18.1 Å². The Bertz CT molecular complexity index is 1060. The fourth-order valence-electron chi connectivity index (χ4n) is 3.66. The number of nitrogens with one attached hydrogen (secondary N) is 2. The molecule has 11 heteroatoms. The van der Waals surface area contributed by atoms with Gasteiger partial charge in [0.05, 0.1) is 23.8 Å². The second-order valence-electron chi connectivity index (χ2n) is 7.57. The van der Waals surface area contributed by atoms with Crippen molar-refractivity contribution >= 4 is 23.3 Å². The predicted octanol–water partition coefficient (Wildman–Crippen LogP) is 3.06. The van der Waals surface area contributed by atoms with E-state index < -0.39 is 35.3 Å². The van der Waals surface area contributed by atoms with Crippen molar-refractivity contribution in [3.8, 4) is 6.07 Å². The zero-order chi connectivity index (χ0) is 24.7. The molecule has 0 aromatic heterocycles. The van der Waals surface area contributed by atoms with E-state index in [0.29, 0.717) is 5.69 Å². The molecule has 2 aromatic rings. The van der Waals surface area contributed by atoms with Gasteiger partial charge in [-0.1, -0.05) is 18.2 Å². The molecule has 0 radical (unpaired) electrons. The van der Waals surface area contributed by atoms with Gasteiger partial charge < -0.3 is 25.2 Å². The molecule has 3 amide bonds. The fraction of sp³-hybridized carbons (Fsp3) is 0.348. The number of hydrogen-bond acceptors (Lipinski definition) is 5. The Morgan fingerprint density at radius 3 is 2.56 bits per heavy atom. The number of carbonyl (C=O) groups is 2. The first-order valence-corrected chi connectivity index (χ1v) is 10.5. The van der Waals surface area contributed by atoms with Crippen LogP contribution in [0.5, 0.6) is 0 Å². The Balaban J connectivity index is 1.84. The number of methoxy groups -OCH3 is 1. The lowest BCUT2D eigenvalue weighted by atomic mass is 10.0. The minimum atomic E-state index is -4.70. The number of anilines is 2. The number of carbonyl (C=O) groups excluding carboxylic acids is 2. The molecule has 8 nitrogen and oxygen atoms in total. The molecule has 1 atom stereocenters. The number of halogens is 3. The van der Waals surface area contributed by atoms with Gasteiger partial charge in [0.2, 0.25) is 5.91 Å². The minimum absolute atomic E-state index is 0.0236. The second-order valence-corrected chi connectivity index (χ2v) is 7.57. The van der Waals surface area contributed by atoms with E-state index in [2.05, 4.69) is 10.6 Å². The summed E-state index contributed by atoms with van der Waals surface area (Å²) in [4.78, 5) is 28.8. The number of alkyl halides is 3. The van der Waals surface area contributed by atoms with Gasteiger partial charge in [-0.05, 0) is 30.3 Å². The van der Waals surface area contributed by atoms with E-state index in [0.717, 1.165) is 12.1 Å². The van der Waals surface area contributed by atoms with Crippen LogP contribution in [0.4, 0.5) is 29.3 Å². The van der Waals surface area contributed by atoms with Crippen molar-refractivity contribution in [1.29, 1.82) is 5.26 Å². The summed E-state index contributed by atoms with van der Waals surface area (Å²) < 4.78 is 45.2. The van der Waals surface area contributed by atoms with Crippen LogP contribution in [0.25, 0.3) is 0 Å². The molecule has 1 aliphatic heterocycles. The third-order valence-corrected chi connectivity index (χ3v) is 5.37. The normalized spacial score (nSPS) is 16.0. The van der Waals surface area contributed by atoms with Crippen LogP contribution in [0.15, 0.2) is 48.5 Å². The van der Waals surface area contributed by atoms with Crippen molar-refractivity contribution in [2.75, 3.05) is 50.1 Å². The maximum absolute atomic E-state index is 13.4. The quantitative estimate of drug-likeness (QED) is 0.626. The number of nitriles is 1. The summed E-state index contributed by atoms with van der Waals surface area (Å²) in [5, 5.41) is 14.5. The molecule has 180 valence electrons. The van der Waals surface area contributed by atoms with E-state index in [1.54, 1.807) is 41.3 Å². The lowest BCUT2D eigenvalue weighted by molar-refractivity contribution is -0.137. The summed E-state index contributed by atoms with van der Waals surface area (Å²) in [6, 6.07) is 12.3. The maximum Gasteiger partial charge on any atom is 0.417 e. The molecule has 0 saturated carbocycles. The number of para-hydroxylation sites is 1. The molecule has 3 rings (SSSR count). The second kappa shape index (κ2) is 10.9. The molecule has 1 heterocycles. The summed E-state index contributed by atoms with van der Waals surface area (Å²) in [6.07, 6.45) is -4.70. The van der Waals surface area contributed by atoms with Crippen LogP contribution in [0, 0.1) is 11.3 Å². The summed E-state index contributed by atoms with van der Waals surface area (Å²) in [5.41, 5.74) is -0.761. The molecule has 2 aromatic carbocycles. The van der Waals surface area contributed by atoms with Crippen molar-refractivity contribution in [2.45, 2.75) is 12.2 Å². The molecule has 0 spiro atoms. The molecule has 1 fully saturated rings. The highest BCUT2D eigenvalue weighted by molar-refractivity contribution is 5.94. The van der Waals surface area contributed by atoms with E-state index in [-0.39, 0.29) is 38.5 Å². The summed E-state index contributed by atoms with van der Waals surface area (Å²) in [5.74, 6) is -0.449. The van der Waals surface area contributed by atoms with Gasteiger partial charge in [-0.2, -0.15) is 18.4 Å². The maximum atomic E-state index is 13.4. The van der Waals surface area contributed by atoms with Crippen LogP contribution < -0.4 is 15.5 Å². The largest absolute Gasteiger partial charge is 0.417 e. The Morgan fingerprint density at radius 1 is 1.18 bits per heavy atom. The SMILES string of the molecule is COCCNC(=O)C1CN(c2ccc(C#N)c(C(F)(F)F)c2)CCN1C(=O)Nc1ccccc1. The standard InChI is InChI=1S/C23H24F3N5O3/c1-34-12-9-28-21(32)20-15-30(18-8-7-16(14-27)19(13-18)23(24,25)26)10-11-31(20)22(33)29-17-5-3-2-4-6-17/h2-8,13,20H,9-12,15H2,1H3,(H,28,32)(H,29,33). The molecule has 0 aliphatic carbocycles. The lowest BCUT2D eigenvalue weighted by Gasteiger charge is -2.41. The molecule has 1 unspecified atom stereocenters. The number of urea groups is 1. The Hall–Kier alpha value is -3.78. The number of nitrogens with zero attached hydrogens (tertiary/aromatic N) is 3. The lowest BCUT2D eigenvalue weighted by Crippen LogP contribution is -2.61. The van der Waals surface area contributed by atoms with Crippen LogP contribution in [0.3, 0.4) is 0 Å². The first kappa shape index (κ1) is 24.9. The molecule has 1 saturated heterocycles. The van der Waals surface area contributed by atoms with Gasteiger partial charge in [-0.25, -0.2) is 4.79 Å². The van der Waals surface area contributed by atoms with Crippen molar-refractivity contribution in [1.82, 2.24) is 10.2 Å². The highest BCUT2D eigenvalue weighted by Crippen LogP contribution is 2.35. The Morgan fingerprint density at radius 2 is 1.91 bits per heavy atom. The van der Waals surface area contributed by atoms with Crippen molar-refractivity contribution < 1.29 is 27.5 Å². The highest BCUT2D eigenvalue weighted by Gasteiger charge is 2.38. The number of benzene rings is 2. The minimum Gasteiger partial charge on any atom is -0.383 e. The van der Waals surface area contributed by atoms with E-state index in [1.807, 2.05) is 0 Å². The molecule has 34 heavy (non-hydrogen) atoms. The molecule has 0 bridgehead atoms. The van der Waals surface area contributed by atoms with Crippen molar-refractivity contribution in [3.05, 3.63) is 59.7 Å². The highest BCUT2D eigenvalue weighted by atomic mass is 19.4. The summed E-state index contributed by atoms with van der Waals surface area (Å²) in [6.45, 7) is 0.762. The smallest absolute Gasteiger partial charge is 0.383 e. The molecule has 2 N–H and O–H groups in total. The molecular formula is C23H24F3N5O3. The average Bonchev–Trinajstić information content (AvgIpc) is 2.83. The zero-order valence-electron chi connectivity index (χ0n) is 18.4. The first-order chi connectivity index (χ1) is 16.2. The van der Waals surface area contributed by atoms with Gasteiger partial charge >= 0.3 is 12.2 Å². The van der Waals surface area contributed by atoms with Crippen LogP contribution in [0.2, 0.25) is 0 Å². The number of amides is 3. The van der Waals surface area contributed by atoms with Crippen LogP contribution in [0.1, 0.15) is 11.1 Å². The monoisotopic (exact) mass is 475 g/mol. The first-order valence-electron chi connectivity index (χ1n) is 10.5. The average molecular weight is 475 g/mol. The third-order valence-electron chi connectivity index (χ3n) is 5.37.